The molecule has 2 aromatic carbocycles. The maximum Gasteiger partial charge on any atom is 0.416 e. The number of halogens is 3. The Hall–Kier alpha value is -3.29. The maximum absolute atomic E-state index is 13.0. The maximum atomic E-state index is 13.0. The fraction of sp³-hybridized carbons (Fsp3) is 0.304. The number of benzene rings is 2. The SMILES string of the molecule is CCC1Cc2nn(Cc3cccc(NC=O)c3)cc2N(c2ccc(C(F)(F)F)cc2)C1. The minimum atomic E-state index is -4.35. The Morgan fingerprint density at radius 1 is 1.19 bits per heavy atom. The van der Waals surface area contributed by atoms with Crippen molar-refractivity contribution in [1.29, 1.82) is 0 Å². The third-order valence-corrected chi connectivity index (χ3v) is 5.61. The fourth-order valence-electron chi connectivity index (χ4n) is 3.96. The van der Waals surface area contributed by atoms with E-state index >= 15 is 0 Å². The number of nitrogens with zero attached hydrogens (tertiary/aromatic N) is 3. The number of carbonyl (C=O) groups is 1. The van der Waals surface area contributed by atoms with E-state index in [1.165, 1.54) is 12.1 Å². The van der Waals surface area contributed by atoms with Crippen molar-refractivity contribution in [3.63, 3.8) is 0 Å². The lowest BCUT2D eigenvalue weighted by molar-refractivity contribution is -0.137. The Labute approximate surface area is 178 Å². The van der Waals surface area contributed by atoms with Crippen LogP contribution < -0.4 is 10.2 Å². The molecule has 0 saturated carbocycles. The van der Waals surface area contributed by atoms with Crippen molar-refractivity contribution >= 4 is 23.5 Å². The Kier molecular flexibility index (Phi) is 5.71. The molecule has 31 heavy (non-hydrogen) atoms. The fourth-order valence-corrected chi connectivity index (χ4v) is 3.96. The van der Waals surface area contributed by atoms with Gasteiger partial charge in [0, 0.05) is 24.1 Å². The zero-order chi connectivity index (χ0) is 22.0. The summed E-state index contributed by atoms with van der Waals surface area (Å²) < 4.78 is 40.7. The van der Waals surface area contributed by atoms with Gasteiger partial charge in [-0.25, -0.2) is 0 Å². The van der Waals surface area contributed by atoms with E-state index in [1.807, 2.05) is 35.1 Å². The van der Waals surface area contributed by atoms with Gasteiger partial charge < -0.3 is 10.2 Å². The molecule has 1 unspecified atom stereocenters. The summed E-state index contributed by atoms with van der Waals surface area (Å²) in [6.45, 7) is 3.38. The van der Waals surface area contributed by atoms with Gasteiger partial charge in [-0.1, -0.05) is 25.5 Å². The molecule has 0 spiro atoms. The molecule has 1 atom stereocenters. The molecule has 1 aliphatic rings. The Morgan fingerprint density at radius 2 is 1.97 bits per heavy atom. The molecule has 5 nitrogen and oxygen atoms in total. The van der Waals surface area contributed by atoms with E-state index in [9.17, 15) is 18.0 Å². The number of rotatable bonds is 6. The molecule has 1 amide bonds. The van der Waals surface area contributed by atoms with Gasteiger partial charge >= 0.3 is 6.18 Å². The van der Waals surface area contributed by atoms with Crippen LogP contribution in [0.4, 0.5) is 30.2 Å². The summed E-state index contributed by atoms with van der Waals surface area (Å²) in [4.78, 5) is 12.7. The number of hydrogen-bond donors (Lipinski definition) is 1. The van der Waals surface area contributed by atoms with Gasteiger partial charge in [-0.2, -0.15) is 18.3 Å². The van der Waals surface area contributed by atoms with Crippen molar-refractivity contribution in [2.75, 3.05) is 16.8 Å². The normalized spacial score (nSPS) is 16.1. The molecule has 1 N–H and O–H groups in total. The lowest BCUT2D eigenvalue weighted by Crippen LogP contribution is -2.31. The number of carbonyl (C=O) groups excluding carboxylic acids is 1. The molecule has 2 heterocycles. The first-order valence-corrected chi connectivity index (χ1v) is 10.2. The van der Waals surface area contributed by atoms with Gasteiger partial charge in [-0.15, -0.1) is 0 Å². The zero-order valence-corrected chi connectivity index (χ0v) is 17.1. The van der Waals surface area contributed by atoms with Crippen LogP contribution in [0.5, 0.6) is 0 Å². The molecule has 8 heteroatoms. The van der Waals surface area contributed by atoms with Gasteiger partial charge in [0.05, 0.1) is 23.5 Å². The van der Waals surface area contributed by atoms with Gasteiger partial charge in [0.1, 0.15) is 0 Å². The molecule has 3 aromatic rings. The van der Waals surface area contributed by atoms with Crippen molar-refractivity contribution in [2.45, 2.75) is 32.5 Å². The summed E-state index contributed by atoms with van der Waals surface area (Å²) in [6, 6.07) is 12.8. The number of alkyl halides is 3. The van der Waals surface area contributed by atoms with Crippen molar-refractivity contribution < 1.29 is 18.0 Å². The van der Waals surface area contributed by atoms with Crippen molar-refractivity contribution in [3.8, 4) is 0 Å². The zero-order valence-electron chi connectivity index (χ0n) is 17.1. The largest absolute Gasteiger partial charge is 0.416 e. The second-order valence-electron chi connectivity index (χ2n) is 7.75. The third-order valence-electron chi connectivity index (χ3n) is 5.61. The first-order valence-electron chi connectivity index (χ1n) is 10.2. The predicted octanol–water partition coefficient (Wildman–Crippen LogP) is 5.24. The van der Waals surface area contributed by atoms with Crippen LogP contribution in [0.3, 0.4) is 0 Å². The van der Waals surface area contributed by atoms with Gasteiger partial charge in [-0.05, 0) is 54.3 Å². The van der Waals surface area contributed by atoms with E-state index in [-0.39, 0.29) is 0 Å². The minimum absolute atomic E-state index is 0.373. The molecule has 162 valence electrons. The average Bonchev–Trinajstić information content (AvgIpc) is 3.15. The van der Waals surface area contributed by atoms with Crippen LogP contribution in [-0.2, 0) is 23.9 Å². The van der Waals surface area contributed by atoms with E-state index in [1.54, 1.807) is 0 Å². The number of aromatic nitrogens is 2. The van der Waals surface area contributed by atoms with Crippen LogP contribution in [0.15, 0.2) is 54.7 Å². The molecule has 0 fully saturated rings. The summed E-state index contributed by atoms with van der Waals surface area (Å²) in [6.07, 6.45) is 0.0263. The Balaban J connectivity index is 1.63. The van der Waals surface area contributed by atoms with Gasteiger partial charge in [0.15, 0.2) is 0 Å². The first kappa shape index (κ1) is 21.0. The van der Waals surface area contributed by atoms with Crippen LogP contribution in [0.25, 0.3) is 0 Å². The quantitative estimate of drug-likeness (QED) is 0.547. The van der Waals surface area contributed by atoms with Gasteiger partial charge in [-0.3, -0.25) is 9.48 Å². The third kappa shape index (κ3) is 4.57. The van der Waals surface area contributed by atoms with E-state index in [2.05, 4.69) is 17.1 Å². The van der Waals surface area contributed by atoms with Crippen LogP contribution in [0, 0.1) is 5.92 Å². The second-order valence-corrected chi connectivity index (χ2v) is 7.75. The van der Waals surface area contributed by atoms with Crippen LogP contribution in [-0.4, -0.2) is 22.7 Å². The standard InChI is InChI=1S/C23H23F3N4O/c1-2-16-11-21-22(30(13-16)20-8-6-18(7-9-20)23(24,25)26)14-29(28-21)12-17-4-3-5-19(10-17)27-15-31/h3-10,14-16H,2,11-13H2,1H3,(H,27,31). The molecule has 1 aromatic heterocycles. The first-order chi connectivity index (χ1) is 14.9. The smallest absolute Gasteiger partial charge is 0.338 e. The van der Waals surface area contributed by atoms with Crippen LogP contribution in [0.1, 0.15) is 30.2 Å². The molecule has 0 aliphatic carbocycles. The number of anilines is 3. The summed E-state index contributed by atoms with van der Waals surface area (Å²) >= 11 is 0. The molecule has 0 radical (unpaired) electrons. The average molecular weight is 428 g/mol. The van der Waals surface area contributed by atoms with E-state index in [0.29, 0.717) is 24.6 Å². The summed E-state index contributed by atoms with van der Waals surface area (Å²) in [5, 5.41) is 7.40. The Bertz CT molecular complexity index is 1060. The summed E-state index contributed by atoms with van der Waals surface area (Å²) in [5.74, 6) is 0.373. The summed E-state index contributed by atoms with van der Waals surface area (Å²) in [5.41, 5.74) is 3.64. The predicted molar refractivity (Wildman–Crippen MR) is 113 cm³/mol. The molecular formula is C23H23F3N4O. The second kappa shape index (κ2) is 8.45. The van der Waals surface area contributed by atoms with Crippen LogP contribution >= 0.6 is 0 Å². The Morgan fingerprint density at radius 3 is 2.65 bits per heavy atom. The molecule has 1 aliphatic heterocycles. The van der Waals surface area contributed by atoms with Crippen molar-refractivity contribution in [3.05, 3.63) is 71.5 Å². The number of nitrogens with one attached hydrogen (secondary N) is 1. The molecule has 4 rings (SSSR count). The molecular weight excluding hydrogens is 405 g/mol. The molecule has 0 saturated heterocycles. The van der Waals surface area contributed by atoms with Gasteiger partial charge in [0.25, 0.3) is 0 Å². The van der Waals surface area contributed by atoms with Crippen molar-refractivity contribution in [1.82, 2.24) is 9.78 Å². The lowest BCUT2D eigenvalue weighted by Gasteiger charge is -2.33. The monoisotopic (exact) mass is 428 g/mol. The lowest BCUT2D eigenvalue weighted by atomic mass is 9.94. The van der Waals surface area contributed by atoms with Crippen molar-refractivity contribution in [2.24, 2.45) is 5.92 Å². The van der Waals surface area contributed by atoms with E-state index in [0.717, 1.165) is 54.2 Å². The highest BCUT2D eigenvalue weighted by Crippen LogP contribution is 2.37. The topological polar surface area (TPSA) is 50.2 Å². The van der Waals surface area contributed by atoms with Gasteiger partial charge in [0.2, 0.25) is 6.41 Å². The number of amides is 1. The number of hydrogen-bond acceptors (Lipinski definition) is 3. The summed E-state index contributed by atoms with van der Waals surface area (Å²) in [7, 11) is 0. The van der Waals surface area contributed by atoms with Crippen LogP contribution in [0.2, 0.25) is 0 Å². The number of fused-ring (bicyclic) bond motifs is 1. The van der Waals surface area contributed by atoms with E-state index < -0.39 is 11.7 Å². The highest BCUT2D eigenvalue weighted by Gasteiger charge is 2.31. The highest BCUT2D eigenvalue weighted by atomic mass is 19.4. The molecule has 0 bridgehead atoms. The highest BCUT2D eigenvalue weighted by molar-refractivity contribution is 5.71. The van der Waals surface area contributed by atoms with E-state index in [4.69, 9.17) is 5.10 Å². The minimum Gasteiger partial charge on any atom is -0.338 e.